The van der Waals surface area contributed by atoms with E-state index in [9.17, 15) is 19.1 Å². The van der Waals surface area contributed by atoms with Crippen LogP contribution in [0.1, 0.15) is 57.8 Å². The fourth-order valence-electron chi connectivity index (χ4n) is 5.46. The molecule has 6 atom stereocenters. The van der Waals surface area contributed by atoms with Crippen molar-refractivity contribution in [3.05, 3.63) is 0 Å². The smallest absolute Gasteiger partial charge is 0.251 e. The van der Waals surface area contributed by atoms with Crippen LogP contribution in [0.3, 0.4) is 0 Å². The molecule has 5 aliphatic rings. The topological polar surface area (TPSA) is 118 Å². The minimum absolute atomic E-state index is 0.173. The summed E-state index contributed by atoms with van der Waals surface area (Å²) < 4.78 is 24.5. The standard InChI is InChI=1S/C21H33ClFN3O6/c1-30-18-9-15(32-26-18)19(29)25-20-4-6-21(7-5-20,16(27)10-20)24-17(28)11-31-12-2-3-13(22)14(23)8-12/h12-16,18,26-27H,2-11H2,1H3,(H,24,28)(H,25,29). The molecule has 0 aromatic rings. The molecule has 2 amide bonds. The van der Waals surface area contributed by atoms with Crippen molar-refractivity contribution in [3.8, 4) is 0 Å². The summed E-state index contributed by atoms with van der Waals surface area (Å²) >= 11 is 5.89. The van der Waals surface area contributed by atoms with Gasteiger partial charge in [0, 0.05) is 25.5 Å². The van der Waals surface area contributed by atoms with Gasteiger partial charge in [0.05, 0.1) is 23.1 Å². The number of hydrogen-bond donors (Lipinski definition) is 4. The van der Waals surface area contributed by atoms with Crippen LogP contribution < -0.4 is 16.1 Å². The minimum Gasteiger partial charge on any atom is -0.391 e. The van der Waals surface area contributed by atoms with Gasteiger partial charge in [-0.15, -0.1) is 11.6 Å². The molecule has 5 fully saturated rings. The van der Waals surface area contributed by atoms with E-state index in [0.29, 0.717) is 51.4 Å². The van der Waals surface area contributed by atoms with Gasteiger partial charge >= 0.3 is 0 Å². The van der Waals surface area contributed by atoms with Gasteiger partial charge in [0.1, 0.15) is 19.0 Å². The second-order valence-electron chi connectivity index (χ2n) is 9.66. The van der Waals surface area contributed by atoms with Gasteiger partial charge in [-0.1, -0.05) is 0 Å². The molecule has 6 unspecified atom stereocenters. The Hall–Kier alpha value is -1.04. The predicted octanol–water partition coefficient (Wildman–Crippen LogP) is 0.816. The van der Waals surface area contributed by atoms with Gasteiger partial charge in [0.2, 0.25) is 5.91 Å². The molecule has 1 saturated heterocycles. The van der Waals surface area contributed by atoms with E-state index >= 15 is 0 Å². The zero-order valence-corrected chi connectivity index (χ0v) is 19.0. The first-order chi connectivity index (χ1) is 15.2. The van der Waals surface area contributed by atoms with Gasteiger partial charge in [0.15, 0.2) is 6.10 Å². The fraction of sp³-hybridized carbons (Fsp3) is 0.905. The van der Waals surface area contributed by atoms with Crippen molar-refractivity contribution in [2.24, 2.45) is 0 Å². The molecule has 0 radical (unpaired) electrons. The van der Waals surface area contributed by atoms with Crippen LogP contribution in [0.5, 0.6) is 0 Å². The van der Waals surface area contributed by atoms with Crippen molar-refractivity contribution in [1.82, 2.24) is 16.1 Å². The number of carbonyl (C=O) groups is 2. The second kappa shape index (κ2) is 9.68. The number of hydroxylamine groups is 1. The normalized spacial score (nSPS) is 43.8. The molecule has 32 heavy (non-hydrogen) atoms. The first-order valence-electron chi connectivity index (χ1n) is 11.4. The number of amides is 2. The number of aliphatic hydroxyl groups excluding tert-OH is 1. The molecule has 4 aliphatic carbocycles. The molecule has 0 aromatic heterocycles. The summed E-state index contributed by atoms with van der Waals surface area (Å²) in [7, 11) is 1.54. The van der Waals surface area contributed by atoms with E-state index in [1.165, 1.54) is 0 Å². The van der Waals surface area contributed by atoms with E-state index in [1.807, 2.05) is 0 Å². The van der Waals surface area contributed by atoms with Crippen LogP contribution in [0, 0.1) is 0 Å². The molecule has 182 valence electrons. The molecule has 0 spiro atoms. The van der Waals surface area contributed by atoms with Crippen LogP contribution in [-0.2, 0) is 23.9 Å². The summed E-state index contributed by atoms with van der Waals surface area (Å²) in [5.74, 6) is -0.546. The maximum atomic E-state index is 13.8. The molecule has 11 heteroatoms. The monoisotopic (exact) mass is 477 g/mol. The highest BCUT2D eigenvalue weighted by atomic mass is 35.5. The number of methoxy groups -OCH3 is 1. The zero-order valence-electron chi connectivity index (χ0n) is 18.3. The van der Waals surface area contributed by atoms with Crippen molar-refractivity contribution >= 4 is 23.4 Å². The maximum Gasteiger partial charge on any atom is 0.251 e. The summed E-state index contributed by atoms with van der Waals surface area (Å²) in [5.41, 5.74) is 1.44. The highest BCUT2D eigenvalue weighted by Gasteiger charge is 2.55. The van der Waals surface area contributed by atoms with E-state index in [4.69, 9.17) is 25.9 Å². The Kier molecular flexibility index (Phi) is 7.29. The predicted molar refractivity (Wildman–Crippen MR) is 112 cm³/mol. The lowest BCUT2D eigenvalue weighted by atomic mass is 9.60. The average Bonchev–Trinajstić information content (AvgIpc) is 3.25. The lowest BCUT2D eigenvalue weighted by Crippen LogP contribution is -2.70. The average molecular weight is 478 g/mol. The van der Waals surface area contributed by atoms with E-state index in [2.05, 4.69) is 16.1 Å². The quantitative estimate of drug-likeness (QED) is 0.401. The first-order valence-corrected chi connectivity index (χ1v) is 11.8. The summed E-state index contributed by atoms with van der Waals surface area (Å²) in [4.78, 5) is 30.5. The van der Waals surface area contributed by atoms with Crippen LogP contribution in [0.2, 0.25) is 0 Å². The van der Waals surface area contributed by atoms with Gasteiger partial charge in [-0.2, -0.15) is 5.48 Å². The van der Waals surface area contributed by atoms with Crippen molar-refractivity contribution in [2.45, 2.75) is 105 Å². The van der Waals surface area contributed by atoms with Crippen LogP contribution in [0.15, 0.2) is 0 Å². The minimum atomic E-state index is -1.12. The van der Waals surface area contributed by atoms with E-state index < -0.39 is 34.8 Å². The third kappa shape index (κ3) is 5.05. The number of alkyl halides is 2. The highest BCUT2D eigenvalue weighted by Crippen LogP contribution is 2.47. The van der Waals surface area contributed by atoms with Crippen LogP contribution in [-0.4, -0.2) is 77.8 Å². The number of ether oxygens (including phenoxy) is 2. The summed E-state index contributed by atoms with van der Waals surface area (Å²) in [6.07, 6.45) is 1.32. The molecule has 9 nitrogen and oxygen atoms in total. The largest absolute Gasteiger partial charge is 0.391 e. The number of halogens is 2. The van der Waals surface area contributed by atoms with E-state index in [-0.39, 0.29) is 37.2 Å². The van der Waals surface area contributed by atoms with Gasteiger partial charge in [-0.25, -0.2) is 4.39 Å². The summed E-state index contributed by atoms with van der Waals surface area (Å²) in [6.45, 7) is -0.173. The molecule has 4 N–H and O–H groups in total. The van der Waals surface area contributed by atoms with Crippen LogP contribution in [0.4, 0.5) is 4.39 Å². The number of hydrogen-bond acceptors (Lipinski definition) is 7. The second-order valence-corrected chi connectivity index (χ2v) is 10.2. The van der Waals surface area contributed by atoms with Gasteiger partial charge in [0.25, 0.3) is 5.91 Å². The third-order valence-electron chi connectivity index (χ3n) is 7.54. The summed E-state index contributed by atoms with van der Waals surface area (Å²) in [6, 6.07) is 0. The molecule has 4 saturated carbocycles. The molecular formula is C21H33ClFN3O6. The lowest BCUT2D eigenvalue weighted by Gasteiger charge is -2.56. The highest BCUT2D eigenvalue weighted by molar-refractivity contribution is 6.21. The number of aliphatic hydroxyl groups is 1. The Labute approximate surface area is 192 Å². The number of carbonyl (C=O) groups excluding carboxylic acids is 2. The van der Waals surface area contributed by atoms with Crippen molar-refractivity contribution in [1.29, 1.82) is 0 Å². The number of fused-ring (bicyclic) bond motifs is 3. The summed E-state index contributed by atoms with van der Waals surface area (Å²) in [5, 5.41) is 16.4. The van der Waals surface area contributed by atoms with Crippen molar-refractivity contribution in [2.75, 3.05) is 13.7 Å². The van der Waals surface area contributed by atoms with Crippen LogP contribution >= 0.6 is 11.6 Å². The van der Waals surface area contributed by atoms with E-state index in [1.54, 1.807) is 7.11 Å². The SMILES string of the molecule is COC1CC(C(=O)NC23CCC(NC(=O)COC4CCC(Cl)C(F)C4)(CC2)C(O)C3)ON1. The fourth-order valence-corrected chi connectivity index (χ4v) is 5.69. The Morgan fingerprint density at radius 1 is 1.22 bits per heavy atom. The Morgan fingerprint density at radius 3 is 2.59 bits per heavy atom. The lowest BCUT2D eigenvalue weighted by molar-refractivity contribution is -0.144. The molecule has 1 aliphatic heterocycles. The zero-order chi connectivity index (χ0) is 22.9. The Morgan fingerprint density at radius 2 is 1.97 bits per heavy atom. The molecular weight excluding hydrogens is 445 g/mol. The molecule has 2 bridgehead atoms. The maximum absolute atomic E-state index is 13.8. The molecule has 5 rings (SSSR count). The van der Waals surface area contributed by atoms with Crippen LogP contribution in [0.25, 0.3) is 0 Å². The number of nitrogens with one attached hydrogen (secondary N) is 3. The van der Waals surface area contributed by atoms with Gasteiger partial charge < -0.3 is 25.2 Å². The van der Waals surface area contributed by atoms with Crippen molar-refractivity contribution in [3.63, 3.8) is 0 Å². The Balaban J connectivity index is 1.26. The molecule has 1 heterocycles. The Bertz CT molecular complexity index is 707. The number of rotatable bonds is 7. The molecule has 0 aromatic carbocycles. The van der Waals surface area contributed by atoms with Gasteiger partial charge in [-0.05, 0) is 44.9 Å². The third-order valence-corrected chi connectivity index (χ3v) is 8.03. The van der Waals surface area contributed by atoms with Gasteiger partial charge in [-0.3, -0.25) is 14.4 Å². The van der Waals surface area contributed by atoms with Crippen molar-refractivity contribution < 1.29 is 33.4 Å². The first kappa shape index (κ1) is 24.1. The van der Waals surface area contributed by atoms with E-state index in [0.717, 1.165) is 0 Å².